The molecule has 0 fully saturated rings. The summed E-state index contributed by atoms with van der Waals surface area (Å²) in [5.74, 6) is 0.627. The minimum absolute atomic E-state index is 0.0557. The second-order valence-corrected chi connectivity index (χ2v) is 4.36. The van der Waals surface area contributed by atoms with Crippen LogP contribution >= 0.6 is 0 Å². The van der Waals surface area contributed by atoms with Crippen LogP contribution in [-0.4, -0.2) is 5.97 Å². The van der Waals surface area contributed by atoms with E-state index in [4.69, 9.17) is 4.74 Å². The third-order valence-electron chi connectivity index (χ3n) is 2.84. The van der Waals surface area contributed by atoms with Crippen molar-refractivity contribution in [1.29, 1.82) is 0 Å². The van der Waals surface area contributed by atoms with E-state index in [1.165, 1.54) is 0 Å². The first-order chi connectivity index (χ1) is 8.27. The van der Waals surface area contributed by atoms with E-state index in [0.29, 0.717) is 5.75 Å². The lowest BCUT2D eigenvalue weighted by atomic mass is 9.97. The fraction of sp³-hybridized carbons (Fsp3) is 0.533. The molecule has 0 saturated carbocycles. The summed E-state index contributed by atoms with van der Waals surface area (Å²) < 4.78 is 5.39. The average molecular weight is 234 g/mol. The molecule has 0 spiro atoms. The number of carbonyl (C=O) groups is 1. The minimum atomic E-state index is -0.0773. The molecule has 2 heteroatoms. The molecule has 1 aromatic rings. The minimum Gasteiger partial charge on any atom is -0.426 e. The topological polar surface area (TPSA) is 26.3 Å². The summed E-state index contributed by atoms with van der Waals surface area (Å²) in [6, 6.07) is 9.31. The van der Waals surface area contributed by atoms with Gasteiger partial charge in [0.1, 0.15) is 5.75 Å². The second-order valence-electron chi connectivity index (χ2n) is 4.36. The Labute approximate surface area is 104 Å². The predicted octanol–water partition coefficient (Wildman–Crippen LogP) is 4.20. The summed E-state index contributed by atoms with van der Waals surface area (Å²) in [6.45, 7) is 4.25. The van der Waals surface area contributed by atoms with E-state index in [1.807, 2.05) is 30.3 Å². The lowest BCUT2D eigenvalue weighted by Gasteiger charge is -2.14. The Bertz CT molecular complexity index is 319. The van der Waals surface area contributed by atoms with E-state index in [9.17, 15) is 4.79 Å². The Morgan fingerprint density at radius 3 is 2.41 bits per heavy atom. The molecule has 94 valence electrons. The van der Waals surface area contributed by atoms with E-state index < -0.39 is 0 Å². The molecule has 0 aromatic heterocycles. The van der Waals surface area contributed by atoms with E-state index in [2.05, 4.69) is 13.8 Å². The standard InChI is InChI=1S/C15H22O2/c1-3-5-10-13(9-4-2)15(16)17-14-11-7-6-8-12-14/h6-8,11-13H,3-5,9-10H2,1-2H3. The van der Waals surface area contributed by atoms with Crippen molar-refractivity contribution in [2.24, 2.45) is 5.92 Å². The molecule has 0 aliphatic rings. The molecular weight excluding hydrogens is 212 g/mol. The molecule has 1 unspecified atom stereocenters. The first kappa shape index (κ1) is 13.8. The summed E-state index contributed by atoms with van der Waals surface area (Å²) >= 11 is 0. The Kier molecular flexibility index (Phi) is 6.38. The number of ether oxygens (including phenoxy) is 1. The van der Waals surface area contributed by atoms with Crippen LogP contribution in [0.15, 0.2) is 30.3 Å². The smallest absolute Gasteiger partial charge is 0.314 e. The number of esters is 1. The van der Waals surface area contributed by atoms with Crippen molar-refractivity contribution in [1.82, 2.24) is 0 Å². The summed E-state index contributed by atoms with van der Waals surface area (Å²) in [5.41, 5.74) is 0. The molecular formula is C15H22O2. The third-order valence-corrected chi connectivity index (χ3v) is 2.84. The first-order valence-corrected chi connectivity index (χ1v) is 6.54. The van der Waals surface area contributed by atoms with Crippen LogP contribution in [0.3, 0.4) is 0 Å². The predicted molar refractivity (Wildman–Crippen MR) is 70.0 cm³/mol. The maximum Gasteiger partial charge on any atom is 0.314 e. The van der Waals surface area contributed by atoms with Gasteiger partial charge < -0.3 is 4.74 Å². The summed E-state index contributed by atoms with van der Waals surface area (Å²) in [5, 5.41) is 0. The SMILES string of the molecule is CCCCC(CCC)C(=O)Oc1ccccc1. The van der Waals surface area contributed by atoms with E-state index in [1.54, 1.807) is 0 Å². The number of hydrogen-bond donors (Lipinski definition) is 0. The third kappa shape index (κ3) is 5.03. The highest BCUT2D eigenvalue weighted by molar-refractivity contribution is 5.75. The van der Waals surface area contributed by atoms with E-state index in [0.717, 1.165) is 32.1 Å². The van der Waals surface area contributed by atoms with Crippen LogP contribution in [0.25, 0.3) is 0 Å². The average Bonchev–Trinajstić information content (AvgIpc) is 2.35. The quantitative estimate of drug-likeness (QED) is 0.522. The van der Waals surface area contributed by atoms with Crippen molar-refractivity contribution in [3.63, 3.8) is 0 Å². The zero-order chi connectivity index (χ0) is 12.5. The maximum atomic E-state index is 12.0. The van der Waals surface area contributed by atoms with Crippen LogP contribution in [0.2, 0.25) is 0 Å². The van der Waals surface area contributed by atoms with Crippen LogP contribution in [0.4, 0.5) is 0 Å². The molecule has 0 heterocycles. The summed E-state index contributed by atoms with van der Waals surface area (Å²) in [6.07, 6.45) is 5.10. The Morgan fingerprint density at radius 1 is 1.12 bits per heavy atom. The largest absolute Gasteiger partial charge is 0.426 e. The Balaban J connectivity index is 2.52. The van der Waals surface area contributed by atoms with Gasteiger partial charge in [-0.1, -0.05) is 51.3 Å². The van der Waals surface area contributed by atoms with Crippen molar-refractivity contribution in [2.45, 2.75) is 46.0 Å². The monoisotopic (exact) mass is 234 g/mol. The molecule has 0 saturated heterocycles. The highest BCUT2D eigenvalue weighted by atomic mass is 16.5. The van der Waals surface area contributed by atoms with E-state index in [-0.39, 0.29) is 11.9 Å². The second kappa shape index (κ2) is 7.88. The number of hydrogen-bond acceptors (Lipinski definition) is 2. The van der Waals surface area contributed by atoms with Gasteiger partial charge in [0, 0.05) is 0 Å². The van der Waals surface area contributed by atoms with Crippen LogP contribution in [-0.2, 0) is 4.79 Å². The zero-order valence-corrected chi connectivity index (χ0v) is 10.8. The summed E-state index contributed by atoms with van der Waals surface area (Å²) in [4.78, 5) is 12.0. The fourth-order valence-corrected chi connectivity index (χ4v) is 1.87. The zero-order valence-electron chi connectivity index (χ0n) is 10.8. The maximum absolute atomic E-state index is 12.0. The molecule has 0 aliphatic carbocycles. The lowest BCUT2D eigenvalue weighted by Crippen LogP contribution is -2.20. The van der Waals surface area contributed by atoms with Gasteiger partial charge in [-0.25, -0.2) is 0 Å². The molecule has 1 rings (SSSR count). The van der Waals surface area contributed by atoms with Crippen molar-refractivity contribution >= 4 is 5.97 Å². The van der Waals surface area contributed by atoms with E-state index >= 15 is 0 Å². The summed E-state index contributed by atoms with van der Waals surface area (Å²) in [7, 11) is 0. The molecule has 1 aromatic carbocycles. The molecule has 17 heavy (non-hydrogen) atoms. The number of unbranched alkanes of at least 4 members (excludes halogenated alkanes) is 1. The van der Waals surface area contributed by atoms with Gasteiger partial charge in [0.2, 0.25) is 0 Å². The van der Waals surface area contributed by atoms with Crippen LogP contribution < -0.4 is 4.74 Å². The number of para-hydroxylation sites is 1. The molecule has 0 aliphatic heterocycles. The number of carbonyl (C=O) groups excluding carboxylic acids is 1. The number of benzene rings is 1. The van der Waals surface area contributed by atoms with Crippen molar-refractivity contribution in [3.8, 4) is 5.75 Å². The Hall–Kier alpha value is -1.31. The van der Waals surface area contributed by atoms with Crippen LogP contribution in [0.5, 0.6) is 5.75 Å². The van der Waals surface area contributed by atoms with Gasteiger partial charge >= 0.3 is 5.97 Å². The van der Waals surface area contributed by atoms with Gasteiger partial charge in [0.05, 0.1) is 5.92 Å². The van der Waals surface area contributed by atoms with Crippen molar-refractivity contribution in [2.75, 3.05) is 0 Å². The van der Waals surface area contributed by atoms with Gasteiger partial charge in [-0.15, -0.1) is 0 Å². The van der Waals surface area contributed by atoms with Gasteiger partial charge in [-0.2, -0.15) is 0 Å². The van der Waals surface area contributed by atoms with Gasteiger partial charge in [0.25, 0.3) is 0 Å². The lowest BCUT2D eigenvalue weighted by molar-refractivity contribution is -0.139. The molecule has 1 atom stereocenters. The van der Waals surface area contributed by atoms with Crippen LogP contribution in [0.1, 0.15) is 46.0 Å². The normalized spacial score (nSPS) is 12.1. The molecule has 2 nitrogen and oxygen atoms in total. The van der Waals surface area contributed by atoms with Crippen molar-refractivity contribution in [3.05, 3.63) is 30.3 Å². The fourth-order valence-electron chi connectivity index (χ4n) is 1.87. The number of rotatable bonds is 7. The van der Waals surface area contributed by atoms with Crippen molar-refractivity contribution < 1.29 is 9.53 Å². The van der Waals surface area contributed by atoms with Crippen LogP contribution in [0, 0.1) is 5.92 Å². The van der Waals surface area contributed by atoms with Gasteiger partial charge in [-0.05, 0) is 25.0 Å². The Morgan fingerprint density at radius 2 is 1.82 bits per heavy atom. The highest BCUT2D eigenvalue weighted by Crippen LogP contribution is 2.19. The molecule has 0 bridgehead atoms. The highest BCUT2D eigenvalue weighted by Gasteiger charge is 2.18. The molecule has 0 radical (unpaired) electrons. The molecule has 0 amide bonds. The molecule has 0 N–H and O–H groups in total. The van der Waals surface area contributed by atoms with Gasteiger partial charge in [0.15, 0.2) is 0 Å². The van der Waals surface area contributed by atoms with Gasteiger partial charge in [-0.3, -0.25) is 4.79 Å². The first-order valence-electron chi connectivity index (χ1n) is 6.54.